The van der Waals surface area contributed by atoms with Gasteiger partial charge in [0.2, 0.25) is 0 Å². The van der Waals surface area contributed by atoms with Gasteiger partial charge in [0, 0.05) is 36.4 Å². The Labute approximate surface area is 158 Å². The number of nitro groups is 2. The van der Waals surface area contributed by atoms with E-state index in [2.05, 4.69) is 0 Å². The molecule has 28 heavy (non-hydrogen) atoms. The van der Waals surface area contributed by atoms with Crippen LogP contribution >= 0.6 is 0 Å². The molecule has 0 radical (unpaired) electrons. The van der Waals surface area contributed by atoms with Crippen LogP contribution in [0.4, 0.5) is 11.4 Å². The first-order valence-electron chi connectivity index (χ1n) is 7.50. The van der Waals surface area contributed by atoms with Gasteiger partial charge in [-0.05, 0) is 47.5 Å². The van der Waals surface area contributed by atoms with Gasteiger partial charge >= 0.3 is 11.9 Å². The van der Waals surface area contributed by atoms with Gasteiger partial charge in [-0.15, -0.1) is 0 Å². The number of non-ortho nitro benzene ring substituents is 2. The summed E-state index contributed by atoms with van der Waals surface area (Å²) in [5, 5.41) is 37.2. The number of nitrogens with zero attached hydrogens (tertiary/aromatic N) is 2. The van der Waals surface area contributed by atoms with Crippen molar-refractivity contribution in [1.29, 1.82) is 0 Å². The van der Waals surface area contributed by atoms with Crippen molar-refractivity contribution in [2.45, 2.75) is 0 Å². The van der Waals surface area contributed by atoms with Gasteiger partial charge < -0.3 is 10.2 Å². The van der Waals surface area contributed by atoms with Gasteiger partial charge in [-0.1, -0.05) is 0 Å². The fraction of sp³-hybridized carbons (Fsp3) is 0. The van der Waals surface area contributed by atoms with Crippen molar-refractivity contribution in [3.05, 3.63) is 92.0 Å². The zero-order valence-electron chi connectivity index (χ0n) is 14.2. The van der Waals surface area contributed by atoms with Crippen LogP contribution in [0.2, 0.25) is 0 Å². The first-order chi connectivity index (χ1) is 13.2. The average molecular weight is 386 g/mol. The van der Waals surface area contributed by atoms with E-state index in [1.807, 2.05) is 0 Å². The largest absolute Gasteiger partial charge is 0.478 e. The molecular weight excluding hydrogens is 372 g/mol. The van der Waals surface area contributed by atoms with E-state index >= 15 is 0 Å². The third-order valence-electron chi connectivity index (χ3n) is 3.04. The molecule has 0 aromatic heterocycles. The van der Waals surface area contributed by atoms with E-state index in [1.54, 1.807) is 0 Å². The zero-order valence-corrected chi connectivity index (χ0v) is 14.2. The summed E-state index contributed by atoms with van der Waals surface area (Å²) < 4.78 is 0. The number of aliphatic carboxylic acids is 2. The maximum atomic E-state index is 10.3. The summed E-state index contributed by atoms with van der Waals surface area (Å²) in [5.41, 5.74) is 1.19. The van der Waals surface area contributed by atoms with Crippen LogP contribution in [0, 0.1) is 20.2 Å². The molecule has 0 aliphatic rings. The Morgan fingerprint density at radius 1 is 0.679 bits per heavy atom. The quantitative estimate of drug-likeness (QED) is 0.434. The SMILES string of the molecule is O=C(O)C=Cc1ccc([N+](=O)[O-])cc1.O=C(O)C=Cc1ccc([N+](=O)[O-])cc1. The van der Waals surface area contributed by atoms with Crippen LogP contribution in [-0.4, -0.2) is 32.0 Å². The highest BCUT2D eigenvalue weighted by Gasteiger charge is 2.03. The molecule has 0 spiro atoms. The lowest BCUT2D eigenvalue weighted by Gasteiger charge is -1.92. The van der Waals surface area contributed by atoms with E-state index < -0.39 is 21.8 Å². The Hall–Kier alpha value is -4.34. The summed E-state index contributed by atoms with van der Waals surface area (Å²) in [5.74, 6) is -2.10. The molecular formula is C18H14N2O8. The second kappa shape index (κ2) is 10.6. The lowest BCUT2D eigenvalue weighted by atomic mass is 10.2. The number of hydrogen-bond acceptors (Lipinski definition) is 6. The molecule has 10 heteroatoms. The predicted molar refractivity (Wildman–Crippen MR) is 99.5 cm³/mol. The minimum atomic E-state index is -1.05. The van der Waals surface area contributed by atoms with Crippen molar-refractivity contribution in [3.63, 3.8) is 0 Å². The number of benzene rings is 2. The van der Waals surface area contributed by atoms with Crippen LogP contribution < -0.4 is 0 Å². The molecule has 0 amide bonds. The van der Waals surface area contributed by atoms with Crippen molar-refractivity contribution in [1.82, 2.24) is 0 Å². The summed E-state index contributed by atoms with van der Waals surface area (Å²) in [6, 6.07) is 11.2. The summed E-state index contributed by atoms with van der Waals surface area (Å²) in [6.45, 7) is 0. The predicted octanol–water partition coefficient (Wildman–Crippen LogP) is 3.39. The van der Waals surface area contributed by atoms with Gasteiger partial charge in [0.25, 0.3) is 11.4 Å². The lowest BCUT2D eigenvalue weighted by molar-refractivity contribution is -0.385. The molecule has 2 aromatic carbocycles. The Kier molecular flexibility index (Phi) is 8.22. The van der Waals surface area contributed by atoms with E-state index in [1.165, 1.54) is 60.7 Å². The Morgan fingerprint density at radius 3 is 1.18 bits per heavy atom. The highest BCUT2D eigenvalue weighted by atomic mass is 16.6. The second-order valence-corrected chi connectivity index (χ2v) is 5.04. The van der Waals surface area contributed by atoms with Gasteiger partial charge in [0.1, 0.15) is 0 Å². The van der Waals surface area contributed by atoms with Crippen molar-refractivity contribution in [3.8, 4) is 0 Å². The molecule has 0 unspecified atom stereocenters. The minimum Gasteiger partial charge on any atom is -0.478 e. The van der Waals surface area contributed by atoms with Crippen molar-refractivity contribution in [2.24, 2.45) is 0 Å². The number of carboxylic acid groups (broad SMARTS) is 2. The highest BCUT2D eigenvalue weighted by molar-refractivity contribution is 5.85. The monoisotopic (exact) mass is 386 g/mol. The third-order valence-corrected chi connectivity index (χ3v) is 3.04. The molecule has 0 saturated heterocycles. The van der Waals surface area contributed by atoms with Gasteiger partial charge in [0.15, 0.2) is 0 Å². The summed E-state index contributed by atoms with van der Waals surface area (Å²) in [7, 11) is 0. The molecule has 0 aliphatic heterocycles. The molecule has 144 valence electrons. The summed E-state index contributed by atoms with van der Waals surface area (Å²) in [6.07, 6.45) is 4.68. The van der Waals surface area contributed by atoms with E-state index in [-0.39, 0.29) is 11.4 Å². The van der Waals surface area contributed by atoms with Gasteiger partial charge in [0.05, 0.1) is 9.85 Å². The van der Waals surface area contributed by atoms with E-state index in [4.69, 9.17) is 10.2 Å². The van der Waals surface area contributed by atoms with Gasteiger partial charge in [-0.2, -0.15) is 0 Å². The fourth-order valence-electron chi connectivity index (χ4n) is 1.75. The topological polar surface area (TPSA) is 161 Å². The third kappa shape index (κ3) is 8.16. The number of nitro benzene ring substituents is 2. The van der Waals surface area contributed by atoms with Crippen LogP contribution in [-0.2, 0) is 9.59 Å². The first-order valence-corrected chi connectivity index (χ1v) is 7.50. The lowest BCUT2D eigenvalue weighted by Crippen LogP contribution is -1.88. The fourth-order valence-corrected chi connectivity index (χ4v) is 1.75. The smallest absolute Gasteiger partial charge is 0.328 e. The normalized spacial score (nSPS) is 10.3. The van der Waals surface area contributed by atoms with Crippen molar-refractivity contribution >= 4 is 35.5 Å². The second-order valence-electron chi connectivity index (χ2n) is 5.04. The number of hydrogen-bond donors (Lipinski definition) is 2. The average Bonchev–Trinajstić information content (AvgIpc) is 2.65. The van der Waals surface area contributed by atoms with Crippen molar-refractivity contribution in [2.75, 3.05) is 0 Å². The molecule has 2 rings (SSSR count). The van der Waals surface area contributed by atoms with Crippen LogP contribution in [0.3, 0.4) is 0 Å². The maximum Gasteiger partial charge on any atom is 0.328 e. The molecule has 0 heterocycles. The Morgan fingerprint density at radius 2 is 0.964 bits per heavy atom. The van der Waals surface area contributed by atoms with Crippen LogP contribution in [0.5, 0.6) is 0 Å². The molecule has 2 N–H and O–H groups in total. The maximum absolute atomic E-state index is 10.3. The molecule has 10 nitrogen and oxygen atoms in total. The molecule has 0 bridgehead atoms. The van der Waals surface area contributed by atoms with Gasteiger partial charge in [-0.25, -0.2) is 9.59 Å². The number of carboxylic acids is 2. The van der Waals surface area contributed by atoms with Crippen molar-refractivity contribution < 1.29 is 29.6 Å². The number of rotatable bonds is 6. The van der Waals surface area contributed by atoms with E-state index in [9.17, 15) is 29.8 Å². The standard InChI is InChI=1S/2C9H7NO4/c2*11-9(12)6-3-7-1-4-8(5-2-7)10(13)14/h2*1-6H,(H,11,12). The summed E-state index contributed by atoms with van der Waals surface area (Å²) in [4.78, 5) is 39.8. The zero-order chi connectivity index (χ0) is 21.1. The van der Waals surface area contributed by atoms with E-state index in [0.717, 1.165) is 12.2 Å². The highest BCUT2D eigenvalue weighted by Crippen LogP contribution is 2.13. The Balaban J connectivity index is 0.000000280. The van der Waals surface area contributed by atoms with Crippen LogP contribution in [0.15, 0.2) is 60.7 Å². The minimum absolute atomic E-state index is 0.0162. The first kappa shape index (κ1) is 21.7. The van der Waals surface area contributed by atoms with E-state index in [0.29, 0.717) is 11.1 Å². The van der Waals surface area contributed by atoms with Crippen LogP contribution in [0.1, 0.15) is 11.1 Å². The number of carbonyl (C=O) groups is 2. The van der Waals surface area contributed by atoms with Crippen LogP contribution in [0.25, 0.3) is 12.2 Å². The molecule has 0 fully saturated rings. The molecule has 0 saturated carbocycles. The summed E-state index contributed by atoms with van der Waals surface area (Å²) >= 11 is 0. The molecule has 2 aromatic rings. The molecule has 0 aliphatic carbocycles. The molecule has 0 atom stereocenters. The van der Waals surface area contributed by atoms with Gasteiger partial charge in [-0.3, -0.25) is 20.2 Å². The Bertz CT molecular complexity index is 838.